The molecule has 0 radical (unpaired) electrons. The molecular formula is C18H23N3. The molecule has 0 atom stereocenters. The van der Waals surface area contributed by atoms with Crippen LogP contribution < -0.4 is 11.1 Å². The fourth-order valence-corrected chi connectivity index (χ4v) is 2.94. The third-order valence-corrected chi connectivity index (χ3v) is 4.09. The number of rotatable bonds is 4. The van der Waals surface area contributed by atoms with Crippen LogP contribution in [0.15, 0.2) is 54.6 Å². The van der Waals surface area contributed by atoms with Gasteiger partial charge in [0.25, 0.3) is 0 Å². The summed E-state index contributed by atoms with van der Waals surface area (Å²) in [6.07, 6.45) is 2.36. The highest BCUT2D eigenvalue weighted by Crippen LogP contribution is 2.19. The van der Waals surface area contributed by atoms with Crippen LogP contribution in [0.3, 0.4) is 0 Å². The SMILES string of the molecule is Nc1cccc(NC2CCN(Cc3ccccc3)CC2)c1. The molecule has 2 aromatic carbocycles. The molecule has 0 saturated carbocycles. The molecule has 1 aliphatic rings. The Morgan fingerprint density at radius 3 is 2.48 bits per heavy atom. The Hall–Kier alpha value is -2.00. The zero-order valence-electron chi connectivity index (χ0n) is 12.3. The third kappa shape index (κ3) is 3.99. The predicted molar refractivity (Wildman–Crippen MR) is 89.2 cm³/mol. The molecule has 0 spiro atoms. The Labute approximate surface area is 126 Å². The van der Waals surface area contributed by atoms with Crippen molar-refractivity contribution in [1.29, 1.82) is 0 Å². The summed E-state index contributed by atoms with van der Waals surface area (Å²) in [6.45, 7) is 3.36. The van der Waals surface area contributed by atoms with Crippen molar-refractivity contribution in [1.82, 2.24) is 4.90 Å². The summed E-state index contributed by atoms with van der Waals surface area (Å²) in [5.41, 5.74) is 9.18. The average molecular weight is 281 g/mol. The van der Waals surface area contributed by atoms with Crippen molar-refractivity contribution in [2.24, 2.45) is 0 Å². The van der Waals surface area contributed by atoms with Gasteiger partial charge in [-0.25, -0.2) is 0 Å². The van der Waals surface area contributed by atoms with Gasteiger partial charge < -0.3 is 11.1 Å². The van der Waals surface area contributed by atoms with E-state index in [4.69, 9.17) is 5.73 Å². The van der Waals surface area contributed by atoms with Crippen LogP contribution in [-0.4, -0.2) is 24.0 Å². The van der Waals surface area contributed by atoms with E-state index in [2.05, 4.69) is 46.6 Å². The van der Waals surface area contributed by atoms with Gasteiger partial charge in [-0.1, -0.05) is 36.4 Å². The first-order valence-corrected chi connectivity index (χ1v) is 7.68. The van der Waals surface area contributed by atoms with E-state index in [-0.39, 0.29) is 0 Å². The summed E-state index contributed by atoms with van der Waals surface area (Å²) in [5, 5.41) is 3.60. The zero-order valence-corrected chi connectivity index (χ0v) is 12.3. The van der Waals surface area contributed by atoms with Gasteiger partial charge in [-0.2, -0.15) is 0 Å². The Morgan fingerprint density at radius 2 is 1.76 bits per heavy atom. The van der Waals surface area contributed by atoms with Crippen molar-refractivity contribution in [3.05, 3.63) is 60.2 Å². The van der Waals surface area contributed by atoms with Gasteiger partial charge in [0.15, 0.2) is 0 Å². The van der Waals surface area contributed by atoms with Crippen molar-refractivity contribution in [2.75, 3.05) is 24.1 Å². The van der Waals surface area contributed by atoms with Gasteiger partial charge in [-0.05, 0) is 36.6 Å². The van der Waals surface area contributed by atoms with E-state index < -0.39 is 0 Å². The molecule has 0 aromatic heterocycles. The third-order valence-electron chi connectivity index (χ3n) is 4.09. The lowest BCUT2D eigenvalue weighted by atomic mass is 10.0. The Morgan fingerprint density at radius 1 is 1.00 bits per heavy atom. The molecule has 1 heterocycles. The number of nitrogens with zero attached hydrogens (tertiary/aromatic N) is 1. The number of nitrogens with one attached hydrogen (secondary N) is 1. The summed E-state index contributed by atoms with van der Waals surface area (Å²) in [7, 11) is 0. The molecule has 2 aromatic rings. The zero-order chi connectivity index (χ0) is 14.5. The number of benzene rings is 2. The van der Waals surface area contributed by atoms with Crippen molar-refractivity contribution < 1.29 is 0 Å². The van der Waals surface area contributed by atoms with Gasteiger partial charge in [0.05, 0.1) is 0 Å². The quantitative estimate of drug-likeness (QED) is 0.845. The number of likely N-dealkylation sites (tertiary alicyclic amines) is 1. The summed E-state index contributed by atoms with van der Waals surface area (Å²) >= 11 is 0. The topological polar surface area (TPSA) is 41.3 Å². The number of nitrogens with two attached hydrogens (primary N) is 1. The molecule has 3 nitrogen and oxygen atoms in total. The smallest absolute Gasteiger partial charge is 0.0362 e. The van der Waals surface area contributed by atoms with Crippen LogP contribution in [0.4, 0.5) is 11.4 Å². The first-order valence-electron chi connectivity index (χ1n) is 7.68. The van der Waals surface area contributed by atoms with E-state index in [9.17, 15) is 0 Å². The molecule has 3 N–H and O–H groups in total. The Kier molecular flexibility index (Phi) is 4.41. The second-order valence-corrected chi connectivity index (χ2v) is 5.81. The second kappa shape index (κ2) is 6.64. The minimum atomic E-state index is 0.554. The van der Waals surface area contributed by atoms with E-state index >= 15 is 0 Å². The molecule has 3 heteroatoms. The van der Waals surface area contributed by atoms with Crippen LogP contribution in [-0.2, 0) is 6.54 Å². The standard InChI is InChI=1S/C18H23N3/c19-16-7-4-8-18(13-16)20-17-9-11-21(12-10-17)14-15-5-2-1-3-6-15/h1-8,13,17,20H,9-12,14,19H2. The van der Waals surface area contributed by atoms with Crippen LogP contribution in [0.2, 0.25) is 0 Å². The molecule has 3 rings (SSSR count). The van der Waals surface area contributed by atoms with Crippen LogP contribution in [0, 0.1) is 0 Å². The van der Waals surface area contributed by atoms with Crippen LogP contribution >= 0.6 is 0 Å². The monoisotopic (exact) mass is 281 g/mol. The van der Waals surface area contributed by atoms with E-state index in [1.165, 1.54) is 18.4 Å². The van der Waals surface area contributed by atoms with Crippen molar-refractivity contribution in [3.63, 3.8) is 0 Å². The lowest BCUT2D eigenvalue weighted by Gasteiger charge is -2.33. The average Bonchev–Trinajstić information content (AvgIpc) is 2.50. The largest absolute Gasteiger partial charge is 0.399 e. The summed E-state index contributed by atoms with van der Waals surface area (Å²) in [5.74, 6) is 0. The molecule has 0 aliphatic carbocycles. The fraction of sp³-hybridized carbons (Fsp3) is 0.333. The highest BCUT2D eigenvalue weighted by atomic mass is 15.1. The second-order valence-electron chi connectivity index (χ2n) is 5.81. The highest BCUT2D eigenvalue weighted by molar-refractivity contribution is 5.54. The number of hydrogen-bond acceptors (Lipinski definition) is 3. The van der Waals surface area contributed by atoms with Crippen LogP contribution in [0.5, 0.6) is 0 Å². The molecule has 1 fully saturated rings. The van der Waals surface area contributed by atoms with Gasteiger partial charge in [-0.15, -0.1) is 0 Å². The maximum atomic E-state index is 5.82. The number of nitrogen functional groups attached to an aromatic ring is 1. The molecule has 110 valence electrons. The van der Waals surface area contributed by atoms with E-state index in [1.807, 2.05) is 18.2 Å². The van der Waals surface area contributed by atoms with Crippen molar-refractivity contribution >= 4 is 11.4 Å². The lowest BCUT2D eigenvalue weighted by molar-refractivity contribution is 0.211. The summed E-state index contributed by atoms with van der Waals surface area (Å²) < 4.78 is 0. The molecule has 1 aliphatic heterocycles. The molecule has 0 amide bonds. The number of hydrogen-bond donors (Lipinski definition) is 2. The lowest BCUT2D eigenvalue weighted by Crippen LogP contribution is -2.38. The molecule has 21 heavy (non-hydrogen) atoms. The summed E-state index contributed by atoms with van der Waals surface area (Å²) in [4.78, 5) is 2.53. The van der Waals surface area contributed by atoms with Crippen molar-refractivity contribution in [3.8, 4) is 0 Å². The van der Waals surface area contributed by atoms with Crippen molar-refractivity contribution in [2.45, 2.75) is 25.4 Å². The highest BCUT2D eigenvalue weighted by Gasteiger charge is 2.18. The van der Waals surface area contributed by atoms with Crippen LogP contribution in [0.1, 0.15) is 18.4 Å². The first-order chi connectivity index (χ1) is 10.3. The maximum Gasteiger partial charge on any atom is 0.0362 e. The number of anilines is 2. The van der Waals surface area contributed by atoms with Gasteiger partial charge >= 0.3 is 0 Å². The number of piperidine rings is 1. The van der Waals surface area contributed by atoms with Gasteiger partial charge in [0.2, 0.25) is 0 Å². The molecular weight excluding hydrogens is 258 g/mol. The predicted octanol–water partition coefficient (Wildman–Crippen LogP) is 3.35. The molecule has 1 saturated heterocycles. The fourth-order valence-electron chi connectivity index (χ4n) is 2.94. The Balaban J connectivity index is 1.49. The maximum absolute atomic E-state index is 5.82. The van der Waals surface area contributed by atoms with Gasteiger partial charge in [-0.3, -0.25) is 4.90 Å². The molecule has 0 unspecified atom stereocenters. The normalized spacial score (nSPS) is 16.8. The van der Waals surface area contributed by atoms with E-state index in [0.717, 1.165) is 31.0 Å². The first kappa shape index (κ1) is 14.0. The minimum absolute atomic E-state index is 0.554. The molecule has 0 bridgehead atoms. The Bertz CT molecular complexity index is 560. The van der Waals surface area contributed by atoms with E-state index in [1.54, 1.807) is 0 Å². The van der Waals surface area contributed by atoms with Gasteiger partial charge in [0, 0.05) is 37.1 Å². The van der Waals surface area contributed by atoms with E-state index in [0.29, 0.717) is 6.04 Å². The minimum Gasteiger partial charge on any atom is -0.399 e. The summed E-state index contributed by atoms with van der Waals surface area (Å²) in [6, 6.07) is 19.3. The van der Waals surface area contributed by atoms with Crippen LogP contribution in [0.25, 0.3) is 0 Å². The van der Waals surface area contributed by atoms with Gasteiger partial charge in [0.1, 0.15) is 0 Å².